The van der Waals surface area contributed by atoms with Gasteiger partial charge >= 0.3 is 0 Å². The fourth-order valence-electron chi connectivity index (χ4n) is 1.51. The molecule has 0 bridgehead atoms. The SMILES string of the molecule is COc1ccc(N)c(S(=O)C(C)C(=O)NC(C)C)c1. The molecule has 0 saturated carbocycles. The molecule has 0 saturated heterocycles. The summed E-state index contributed by atoms with van der Waals surface area (Å²) >= 11 is 0. The standard InChI is InChI=1S/C13H20N2O3S/c1-8(2)15-13(16)9(3)19(17)12-7-10(18-4)5-6-11(12)14/h5-9H,14H2,1-4H3,(H,15,16). The molecule has 3 N–H and O–H groups in total. The van der Waals surface area contributed by atoms with Crippen LogP contribution in [0.25, 0.3) is 0 Å². The number of nitrogens with one attached hydrogen (secondary N) is 1. The lowest BCUT2D eigenvalue weighted by Crippen LogP contribution is -2.39. The van der Waals surface area contributed by atoms with E-state index in [0.29, 0.717) is 16.3 Å². The number of ether oxygens (including phenoxy) is 1. The second kappa shape index (κ2) is 6.56. The maximum Gasteiger partial charge on any atom is 0.236 e. The molecule has 1 amide bonds. The van der Waals surface area contributed by atoms with E-state index in [0.717, 1.165) is 0 Å². The molecule has 0 radical (unpaired) electrons. The molecule has 5 nitrogen and oxygen atoms in total. The van der Waals surface area contributed by atoms with E-state index in [9.17, 15) is 9.00 Å². The van der Waals surface area contributed by atoms with Crippen LogP contribution < -0.4 is 15.8 Å². The summed E-state index contributed by atoms with van der Waals surface area (Å²) in [6, 6.07) is 4.92. The summed E-state index contributed by atoms with van der Waals surface area (Å²) in [5.41, 5.74) is 6.20. The van der Waals surface area contributed by atoms with Crippen LogP contribution in [0.4, 0.5) is 5.69 Å². The highest BCUT2D eigenvalue weighted by Gasteiger charge is 2.23. The van der Waals surface area contributed by atoms with Crippen LogP contribution in [0.2, 0.25) is 0 Å². The number of nitrogen functional groups attached to an aromatic ring is 1. The van der Waals surface area contributed by atoms with Crippen LogP contribution in [-0.4, -0.2) is 28.5 Å². The molecule has 2 atom stereocenters. The van der Waals surface area contributed by atoms with Gasteiger partial charge in [-0.1, -0.05) is 0 Å². The van der Waals surface area contributed by atoms with Gasteiger partial charge in [-0.05, 0) is 39.0 Å². The second-order valence-corrected chi connectivity index (χ2v) is 6.25. The molecule has 2 unspecified atom stereocenters. The molecule has 106 valence electrons. The summed E-state index contributed by atoms with van der Waals surface area (Å²) in [4.78, 5) is 12.3. The highest BCUT2D eigenvalue weighted by Crippen LogP contribution is 2.24. The van der Waals surface area contributed by atoms with Crippen molar-refractivity contribution in [1.29, 1.82) is 0 Å². The van der Waals surface area contributed by atoms with Crippen LogP contribution in [0.15, 0.2) is 23.1 Å². The van der Waals surface area contributed by atoms with Crippen LogP contribution in [0.5, 0.6) is 5.75 Å². The molecular weight excluding hydrogens is 264 g/mol. The molecule has 0 aliphatic heterocycles. The minimum atomic E-state index is -1.52. The van der Waals surface area contributed by atoms with Gasteiger partial charge in [0.1, 0.15) is 11.0 Å². The quantitative estimate of drug-likeness (QED) is 0.799. The number of amides is 1. The first-order valence-corrected chi connectivity index (χ1v) is 7.22. The molecule has 6 heteroatoms. The fraction of sp³-hybridized carbons (Fsp3) is 0.462. The number of carbonyl (C=O) groups excluding carboxylic acids is 1. The van der Waals surface area contributed by atoms with E-state index in [-0.39, 0.29) is 11.9 Å². The number of rotatable bonds is 5. The average Bonchev–Trinajstić information content (AvgIpc) is 2.36. The Bertz CT molecular complexity index is 489. The fourth-order valence-corrected chi connectivity index (χ4v) is 2.68. The van der Waals surface area contributed by atoms with E-state index >= 15 is 0 Å². The van der Waals surface area contributed by atoms with E-state index in [2.05, 4.69) is 5.32 Å². The maximum absolute atomic E-state index is 12.4. The Morgan fingerprint density at radius 3 is 2.53 bits per heavy atom. The number of anilines is 1. The van der Waals surface area contributed by atoms with Crippen molar-refractivity contribution in [1.82, 2.24) is 5.32 Å². The molecule has 19 heavy (non-hydrogen) atoms. The van der Waals surface area contributed by atoms with E-state index < -0.39 is 16.0 Å². The monoisotopic (exact) mass is 284 g/mol. The molecule has 0 fully saturated rings. The van der Waals surface area contributed by atoms with E-state index in [4.69, 9.17) is 10.5 Å². The van der Waals surface area contributed by atoms with Crippen LogP contribution in [-0.2, 0) is 15.6 Å². The summed E-state index contributed by atoms with van der Waals surface area (Å²) < 4.78 is 17.4. The lowest BCUT2D eigenvalue weighted by Gasteiger charge is -2.15. The van der Waals surface area contributed by atoms with Crippen molar-refractivity contribution in [3.63, 3.8) is 0 Å². The number of hydrogen-bond donors (Lipinski definition) is 2. The van der Waals surface area contributed by atoms with Crippen molar-refractivity contribution in [3.8, 4) is 5.75 Å². The zero-order chi connectivity index (χ0) is 14.6. The summed E-state index contributed by atoms with van der Waals surface area (Å²) in [6.45, 7) is 5.33. The van der Waals surface area contributed by atoms with Crippen LogP contribution >= 0.6 is 0 Å². The molecule has 1 rings (SSSR count). The first kappa shape index (κ1) is 15.5. The molecule has 1 aromatic rings. The Balaban J connectivity index is 2.96. The Hall–Kier alpha value is -1.56. The first-order valence-electron chi connectivity index (χ1n) is 6.01. The van der Waals surface area contributed by atoms with Gasteiger partial charge in [0.25, 0.3) is 0 Å². The smallest absolute Gasteiger partial charge is 0.236 e. The molecule has 0 heterocycles. The van der Waals surface area contributed by atoms with Crippen molar-refractivity contribution in [2.75, 3.05) is 12.8 Å². The lowest BCUT2D eigenvalue weighted by atomic mass is 10.3. The van der Waals surface area contributed by atoms with Crippen LogP contribution in [0.3, 0.4) is 0 Å². The number of carbonyl (C=O) groups is 1. The predicted octanol–water partition coefficient (Wildman–Crippen LogP) is 1.30. The van der Waals surface area contributed by atoms with Gasteiger partial charge in [0, 0.05) is 11.7 Å². The number of methoxy groups -OCH3 is 1. The Kier molecular flexibility index (Phi) is 5.35. The third-order valence-electron chi connectivity index (χ3n) is 2.56. The van der Waals surface area contributed by atoms with Crippen molar-refractivity contribution in [2.45, 2.75) is 37.0 Å². The summed E-state index contributed by atoms with van der Waals surface area (Å²) in [5.74, 6) is 0.310. The molecule has 0 spiro atoms. The van der Waals surface area contributed by atoms with Gasteiger partial charge in [-0.15, -0.1) is 0 Å². The molecular formula is C13H20N2O3S. The van der Waals surface area contributed by atoms with E-state index in [1.807, 2.05) is 13.8 Å². The van der Waals surface area contributed by atoms with Gasteiger partial charge in [0.05, 0.1) is 22.8 Å². The zero-order valence-corrected chi connectivity index (χ0v) is 12.4. The van der Waals surface area contributed by atoms with Crippen LogP contribution in [0.1, 0.15) is 20.8 Å². The Labute approximate surface area is 116 Å². The molecule has 0 aliphatic rings. The Morgan fingerprint density at radius 2 is 2.00 bits per heavy atom. The van der Waals surface area contributed by atoms with Crippen molar-refractivity contribution in [3.05, 3.63) is 18.2 Å². The first-order chi connectivity index (χ1) is 8.86. The number of benzene rings is 1. The molecule has 1 aromatic carbocycles. The van der Waals surface area contributed by atoms with E-state index in [1.165, 1.54) is 7.11 Å². The van der Waals surface area contributed by atoms with Gasteiger partial charge in [-0.3, -0.25) is 9.00 Å². The number of nitrogens with two attached hydrogens (primary N) is 1. The summed E-state index contributed by atoms with van der Waals surface area (Å²) in [7, 11) is 0.00579. The maximum atomic E-state index is 12.4. The molecule has 0 aromatic heterocycles. The van der Waals surface area contributed by atoms with Gasteiger partial charge in [0.15, 0.2) is 0 Å². The number of hydrogen-bond acceptors (Lipinski definition) is 4. The van der Waals surface area contributed by atoms with E-state index in [1.54, 1.807) is 25.1 Å². The summed E-state index contributed by atoms with van der Waals surface area (Å²) in [6.07, 6.45) is 0. The Morgan fingerprint density at radius 1 is 1.37 bits per heavy atom. The predicted molar refractivity (Wildman–Crippen MR) is 76.6 cm³/mol. The van der Waals surface area contributed by atoms with Crippen molar-refractivity contribution >= 4 is 22.4 Å². The highest BCUT2D eigenvalue weighted by atomic mass is 32.2. The van der Waals surface area contributed by atoms with Gasteiger partial charge in [-0.2, -0.15) is 0 Å². The van der Waals surface area contributed by atoms with Crippen molar-refractivity contribution < 1.29 is 13.7 Å². The average molecular weight is 284 g/mol. The third kappa shape index (κ3) is 3.96. The second-order valence-electron chi connectivity index (χ2n) is 4.51. The summed E-state index contributed by atoms with van der Waals surface area (Å²) in [5, 5.41) is 2.07. The van der Waals surface area contributed by atoms with Crippen LogP contribution in [0, 0.1) is 0 Å². The van der Waals surface area contributed by atoms with Crippen molar-refractivity contribution in [2.24, 2.45) is 0 Å². The highest BCUT2D eigenvalue weighted by molar-refractivity contribution is 7.86. The minimum Gasteiger partial charge on any atom is -0.497 e. The zero-order valence-electron chi connectivity index (χ0n) is 11.6. The van der Waals surface area contributed by atoms with Gasteiger partial charge in [0.2, 0.25) is 5.91 Å². The minimum absolute atomic E-state index is 0.00889. The molecule has 0 aliphatic carbocycles. The lowest BCUT2D eigenvalue weighted by molar-refractivity contribution is -0.120. The van der Waals surface area contributed by atoms with Gasteiger partial charge in [-0.25, -0.2) is 0 Å². The van der Waals surface area contributed by atoms with Gasteiger partial charge < -0.3 is 15.8 Å². The normalized spacial score (nSPS) is 13.9. The third-order valence-corrected chi connectivity index (χ3v) is 4.20. The topological polar surface area (TPSA) is 81.4 Å². The largest absolute Gasteiger partial charge is 0.497 e.